The number of ether oxygens (including phenoxy) is 1. The van der Waals surface area contributed by atoms with E-state index in [0.29, 0.717) is 23.5 Å². The van der Waals surface area contributed by atoms with Crippen LogP contribution in [-0.2, 0) is 0 Å². The van der Waals surface area contributed by atoms with Gasteiger partial charge in [0.1, 0.15) is 5.75 Å². The number of nitrogens with zero attached hydrogens (tertiary/aromatic N) is 3. The van der Waals surface area contributed by atoms with Gasteiger partial charge < -0.3 is 10.1 Å². The Morgan fingerprint density at radius 3 is 2.27 bits per heavy atom. The van der Waals surface area contributed by atoms with Gasteiger partial charge >= 0.3 is 6.09 Å². The third kappa shape index (κ3) is 9.02. The van der Waals surface area contributed by atoms with E-state index in [1.807, 2.05) is 48.5 Å². The summed E-state index contributed by atoms with van der Waals surface area (Å²) in [5, 5.41) is 5.83. The summed E-state index contributed by atoms with van der Waals surface area (Å²) in [6.07, 6.45) is 2.87. The van der Waals surface area contributed by atoms with Crippen LogP contribution in [0.15, 0.2) is 97.3 Å². The number of hydrogen-bond acceptors (Lipinski definition) is 6. The molecule has 1 fully saturated rings. The SMILES string of the molecule is CC(C)(C)N1CCN(CCNC(=O)c2ccc(C#Cc3cc(NC(=O)Oc4ccccc4)ccc3-c3ccncc3)cc2)CC1. The monoisotopic (exact) mass is 601 g/mol. The number of amides is 2. The fraction of sp³-hybridized carbons (Fsp3) is 0.270. The minimum absolute atomic E-state index is 0.0935. The number of aromatic nitrogens is 1. The lowest BCUT2D eigenvalue weighted by Gasteiger charge is -2.42. The number of carbonyl (C=O) groups excluding carboxylic acids is 2. The topological polar surface area (TPSA) is 86.8 Å². The molecule has 2 amide bonds. The minimum atomic E-state index is -0.589. The number of nitrogens with one attached hydrogen (secondary N) is 2. The summed E-state index contributed by atoms with van der Waals surface area (Å²) in [4.78, 5) is 34.3. The molecular formula is C37H39N5O3. The van der Waals surface area contributed by atoms with Gasteiger partial charge in [0.25, 0.3) is 5.91 Å². The Morgan fingerprint density at radius 2 is 1.58 bits per heavy atom. The molecule has 2 N–H and O–H groups in total. The molecule has 0 bridgehead atoms. The largest absolute Gasteiger partial charge is 0.417 e. The summed E-state index contributed by atoms with van der Waals surface area (Å²) < 4.78 is 5.37. The Morgan fingerprint density at radius 1 is 0.867 bits per heavy atom. The lowest BCUT2D eigenvalue weighted by molar-refractivity contribution is 0.0623. The molecule has 2 heterocycles. The Balaban J connectivity index is 1.21. The highest BCUT2D eigenvalue weighted by atomic mass is 16.6. The molecule has 0 saturated carbocycles. The van der Waals surface area contributed by atoms with E-state index in [2.05, 4.69) is 58.0 Å². The number of rotatable bonds is 7. The van der Waals surface area contributed by atoms with Crippen LogP contribution in [0.25, 0.3) is 11.1 Å². The molecule has 230 valence electrons. The maximum absolute atomic E-state index is 12.8. The molecule has 1 aromatic heterocycles. The van der Waals surface area contributed by atoms with Crippen molar-refractivity contribution in [1.82, 2.24) is 20.1 Å². The summed E-state index contributed by atoms with van der Waals surface area (Å²) >= 11 is 0. The summed E-state index contributed by atoms with van der Waals surface area (Å²) in [5.74, 6) is 6.82. The predicted octanol–water partition coefficient (Wildman–Crippen LogP) is 5.91. The van der Waals surface area contributed by atoms with Gasteiger partial charge in [-0.15, -0.1) is 0 Å². The van der Waals surface area contributed by atoms with E-state index >= 15 is 0 Å². The third-order valence-corrected chi connectivity index (χ3v) is 7.73. The zero-order chi connectivity index (χ0) is 31.6. The molecule has 1 aliphatic rings. The highest BCUT2D eigenvalue weighted by Gasteiger charge is 2.25. The first-order valence-corrected chi connectivity index (χ1v) is 15.2. The second-order valence-corrected chi connectivity index (χ2v) is 11.9. The summed E-state index contributed by atoms with van der Waals surface area (Å²) in [6.45, 7) is 12.3. The first-order valence-electron chi connectivity index (χ1n) is 15.2. The van der Waals surface area contributed by atoms with Crippen LogP contribution in [0.3, 0.4) is 0 Å². The first kappa shape index (κ1) is 31.5. The number of piperazine rings is 1. The highest BCUT2D eigenvalue weighted by molar-refractivity contribution is 5.94. The summed E-state index contributed by atoms with van der Waals surface area (Å²) in [7, 11) is 0. The van der Waals surface area contributed by atoms with Crippen LogP contribution in [0.2, 0.25) is 0 Å². The Bertz CT molecular complexity index is 1650. The van der Waals surface area contributed by atoms with Gasteiger partial charge in [0.05, 0.1) is 0 Å². The van der Waals surface area contributed by atoms with Crippen LogP contribution < -0.4 is 15.4 Å². The second kappa shape index (κ2) is 14.7. The fourth-order valence-electron chi connectivity index (χ4n) is 5.16. The molecule has 45 heavy (non-hydrogen) atoms. The van der Waals surface area contributed by atoms with Gasteiger partial charge in [-0.2, -0.15) is 0 Å². The Hall–Kier alpha value is -4.97. The maximum Gasteiger partial charge on any atom is 0.417 e. The van der Waals surface area contributed by atoms with Gasteiger partial charge in [-0.25, -0.2) is 4.79 Å². The number of para-hydroxylation sites is 1. The van der Waals surface area contributed by atoms with E-state index in [1.165, 1.54) is 0 Å². The standard InChI is InChI=1S/C37H39N5O3/c1-37(2,3)42-25-23-41(24-26-42)22-21-39-35(43)30-12-9-28(10-13-30)11-14-31-27-32(15-16-34(31)29-17-19-38-20-18-29)40-36(44)45-33-7-5-4-6-8-33/h4-10,12-13,15-20,27H,21-26H2,1-3H3,(H,39,43)(H,40,44). The van der Waals surface area contributed by atoms with Gasteiger partial charge in [0.15, 0.2) is 0 Å². The van der Waals surface area contributed by atoms with Crippen molar-refractivity contribution in [1.29, 1.82) is 0 Å². The molecule has 8 heteroatoms. The van der Waals surface area contributed by atoms with Crippen molar-refractivity contribution >= 4 is 17.7 Å². The number of hydrogen-bond donors (Lipinski definition) is 2. The molecule has 4 aromatic rings. The number of carbonyl (C=O) groups is 2. The van der Waals surface area contributed by atoms with E-state index in [-0.39, 0.29) is 11.4 Å². The van der Waals surface area contributed by atoms with Crippen LogP contribution in [0.1, 0.15) is 42.3 Å². The molecule has 1 saturated heterocycles. The average Bonchev–Trinajstić information content (AvgIpc) is 3.05. The predicted molar refractivity (Wildman–Crippen MR) is 178 cm³/mol. The van der Waals surface area contributed by atoms with Crippen molar-refractivity contribution in [2.24, 2.45) is 0 Å². The lowest BCUT2D eigenvalue weighted by Crippen LogP contribution is -2.54. The minimum Gasteiger partial charge on any atom is -0.410 e. The smallest absolute Gasteiger partial charge is 0.410 e. The quantitative estimate of drug-likeness (QED) is 0.257. The Kier molecular flexibility index (Phi) is 10.3. The molecule has 0 radical (unpaired) electrons. The third-order valence-electron chi connectivity index (χ3n) is 7.73. The van der Waals surface area contributed by atoms with Crippen LogP contribution in [0.4, 0.5) is 10.5 Å². The van der Waals surface area contributed by atoms with Gasteiger partial charge in [0.2, 0.25) is 0 Å². The van der Waals surface area contributed by atoms with Crippen molar-refractivity contribution in [3.05, 3.63) is 114 Å². The van der Waals surface area contributed by atoms with Gasteiger partial charge in [0, 0.05) is 79.6 Å². The van der Waals surface area contributed by atoms with E-state index < -0.39 is 6.09 Å². The highest BCUT2D eigenvalue weighted by Crippen LogP contribution is 2.26. The van der Waals surface area contributed by atoms with E-state index in [9.17, 15) is 9.59 Å². The van der Waals surface area contributed by atoms with E-state index in [1.54, 1.807) is 48.8 Å². The molecule has 0 unspecified atom stereocenters. The van der Waals surface area contributed by atoms with E-state index in [4.69, 9.17) is 4.74 Å². The molecule has 8 nitrogen and oxygen atoms in total. The fourth-order valence-corrected chi connectivity index (χ4v) is 5.16. The summed E-state index contributed by atoms with van der Waals surface area (Å²) in [5.41, 5.74) is 4.70. The number of anilines is 1. The van der Waals surface area contributed by atoms with Gasteiger partial charge in [-0.1, -0.05) is 36.1 Å². The molecule has 1 aliphatic heterocycles. The van der Waals surface area contributed by atoms with Crippen molar-refractivity contribution in [2.45, 2.75) is 26.3 Å². The zero-order valence-electron chi connectivity index (χ0n) is 26.0. The van der Waals surface area contributed by atoms with Crippen molar-refractivity contribution in [2.75, 3.05) is 44.6 Å². The Labute approximate surface area is 265 Å². The molecular weight excluding hydrogens is 562 g/mol. The average molecular weight is 602 g/mol. The van der Waals surface area contributed by atoms with Crippen LogP contribution in [-0.4, -0.2) is 71.6 Å². The van der Waals surface area contributed by atoms with Gasteiger partial charge in [-0.05, 0) is 92.6 Å². The van der Waals surface area contributed by atoms with Crippen LogP contribution >= 0.6 is 0 Å². The summed E-state index contributed by atoms with van der Waals surface area (Å²) in [6, 6.07) is 25.5. The molecule has 5 rings (SSSR count). The molecule has 0 aliphatic carbocycles. The molecule has 0 atom stereocenters. The van der Waals surface area contributed by atoms with Crippen LogP contribution in [0, 0.1) is 11.8 Å². The van der Waals surface area contributed by atoms with Crippen molar-refractivity contribution in [3.63, 3.8) is 0 Å². The second-order valence-electron chi connectivity index (χ2n) is 11.9. The maximum atomic E-state index is 12.8. The number of benzene rings is 3. The van der Waals surface area contributed by atoms with Gasteiger partial charge in [-0.3, -0.25) is 24.9 Å². The molecule has 3 aromatic carbocycles. The zero-order valence-corrected chi connectivity index (χ0v) is 26.0. The van der Waals surface area contributed by atoms with Crippen molar-refractivity contribution in [3.8, 4) is 28.7 Å². The number of pyridine rings is 1. The van der Waals surface area contributed by atoms with E-state index in [0.717, 1.165) is 55.0 Å². The molecule has 0 spiro atoms. The lowest BCUT2D eigenvalue weighted by atomic mass is 9.99. The van der Waals surface area contributed by atoms with Crippen molar-refractivity contribution < 1.29 is 14.3 Å². The van der Waals surface area contributed by atoms with Crippen LogP contribution in [0.5, 0.6) is 5.75 Å². The first-order chi connectivity index (χ1) is 21.7. The normalized spacial score (nSPS) is 13.8.